The van der Waals surface area contributed by atoms with Crippen LogP contribution >= 0.6 is 0 Å². The molecule has 0 radical (unpaired) electrons. The van der Waals surface area contributed by atoms with Crippen molar-refractivity contribution >= 4 is 11.7 Å². The van der Waals surface area contributed by atoms with E-state index < -0.39 is 0 Å². The summed E-state index contributed by atoms with van der Waals surface area (Å²) in [6.07, 6.45) is 16.5. The molecule has 1 N–H and O–H groups in total. The Morgan fingerprint density at radius 2 is 1.77 bits per heavy atom. The van der Waals surface area contributed by atoms with Crippen molar-refractivity contribution < 1.29 is 14.3 Å². The first kappa shape index (κ1) is 27.7. The third-order valence-electron chi connectivity index (χ3n) is 7.92. The van der Waals surface area contributed by atoms with Crippen LogP contribution in [0.5, 0.6) is 0 Å². The molecule has 2 aromatic rings. The molecule has 2 heterocycles. The molecule has 6 nitrogen and oxygen atoms in total. The van der Waals surface area contributed by atoms with Gasteiger partial charge in [-0.15, -0.1) is 0 Å². The van der Waals surface area contributed by atoms with Crippen LogP contribution in [-0.2, 0) is 16.0 Å². The number of hydrogen-bond donors (Lipinski definition) is 1. The summed E-state index contributed by atoms with van der Waals surface area (Å²) in [5, 5.41) is 3.16. The highest BCUT2D eigenvalue weighted by atomic mass is 16.5. The van der Waals surface area contributed by atoms with E-state index in [4.69, 9.17) is 4.74 Å². The second-order valence-corrected chi connectivity index (χ2v) is 10.7. The summed E-state index contributed by atoms with van der Waals surface area (Å²) in [6.45, 7) is 4.53. The Bertz CT molecular complexity index is 1290. The third-order valence-corrected chi connectivity index (χ3v) is 7.92. The lowest BCUT2D eigenvalue weighted by atomic mass is 9.86. The standard InChI is InChI=1S/C34H39N3O3/c38-30-13-8-12-29(25-30)33-26-37(23-24-40-33)22-21-36-19-16-28(17-20-36)31-14-4-5-15-32(31)34(39)35-18-7-6-11-27-9-2-1-3-10-27/h1-5,8-10,12-15,23-24,26,28H,6-7,11,16-22,25H2,(H,35,39). The molecule has 208 valence electrons. The van der Waals surface area contributed by atoms with Crippen molar-refractivity contribution in [3.05, 3.63) is 120 Å². The second-order valence-electron chi connectivity index (χ2n) is 10.7. The van der Waals surface area contributed by atoms with E-state index in [0.717, 1.165) is 75.2 Å². The second kappa shape index (κ2) is 13.9. The third kappa shape index (κ3) is 7.60. The fourth-order valence-electron chi connectivity index (χ4n) is 5.63. The van der Waals surface area contributed by atoms with Crippen molar-refractivity contribution in [2.24, 2.45) is 0 Å². The number of unbranched alkanes of at least 4 members (excludes halogenated alkanes) is 1. The molecule has 1 aliphatic carbocycles. The fraction of sp³-hybridized carbons (Fsp3) is 0.353. The molecular weight excluding hydrogens is 498 g/mol. The van der Waals surface area contributed by atoms with Gasteiger partial charge in [-0.3, -0.25) is 9.59 Å². The summed E-state index contributed by atoms with van der Waals surface area (Å²) >= 11 is 0. The first-order valence-corrected chi connectivity index (χ1v) is 14.5. The maximum Gasteiger partial charge on any atom is 0.251 e. The molecule has 0 aromatic heterocycles. The number of rotatable bonds is 11. The number of carbonyl (C=O) groups is 2. The van der Waals surface area contributed by atoms with Crippen molar-refractivity contribution in [2.45, 2.75) is 44.4 Å². The SMILES string of the molecule is O=C1C=CC=C(C2=CN(CCN3CCC(c4ccccc4C(=O)NCCCCc4ccccc4)CC3)C=CO2)C1. The van der Waals surface area contributed by atoms with Crippen LogP contribution in [0.3, 0.4) is 0 Å². The number of hydrogen-bond acceptors (Lipinski definition) is 5. The highest BCUT2D eigenvalue weighted by Crippen LogP contribution is 2.30. The van der Waals surface area contributed by atoms with Gasteiger partial charge in [0.25, 0.3) is 5.91 Å². The Hall–Kier alpha value is -3.90. The lowest BCUT2D eigenvalue weighted by Gasteiger charge is -2.34. The molecule has 3 aliphatic rings. The van der Waals surface area contributed by atoms with Crippen LogP contribution in [-0.4, -0.2) is 54.2 Å². The van der Waals surface area contributed by atoms with Gasteiger partial charge in [-0.2, -0.15) is 0 Å². The van der Waals surface area contributed by atoms with E-state index in [1.54, 1.807) is 18.4 Å². The number of benzene rings is 2. The Morgan fingerprint density at radius 1 is 0.975 bits per heavy atom. The summed E-state index contributed by atoms with van der Waals surface area (Å²) in [6, 6.07) is 18.6. The molecule has 2 aromatic carbocycles. The summed E-state index contributed by atoms with van der Waals surface area (Å²) in [5.41, 5.74) is 4.26. The number of aryl methyl sites for hydroxylation is 1. The van der Waals surface area contributed by atoms with Crippen molar-refractivity contribution in [3.8, 4) is 0 Å². The summed E-state index contributed by atoms with van der Waals surface area (Å²) < 4.78 is 5.67. The fourth-order valence-corrected chi connectivity index (χ4v) is 5.63. The summed E-state index contributed by atoms with van der Waals surface area (Å²) in [5.74, 6) is 1.29. The largest absolute Gasteiger partial charge is 0.462 e. The minimum atomic E-state index is 0.0460. The molecule has 0 atom stereocenters. The van der Waals surface area contributed by atoms with Crippen LogP contribution in [0, 0.1) is 0 Å². The molecule has 6 heteroatoms. The Morgan fingerprint density at radius 3 is 2.60 bits per heavy atom. The van der Waals surface area contributed by atoms with Gasteiger partial charge in [0.2, 0.25) is 0 Å². The maximum atomic E-state index is 13.1. The van der Waals surface area contributed by atoms with Crippen molar-refractivity contribution in [1.29, 1.82) is 0 Å². The molecule has 0 bridgehead atoms. The van der Waals surface area contributed by atoms with Crippen LogP contribution in [0.1, 0.15) is 59.5 Å². The smallest absolute Gasteiger partial charge is 0.251 e. The zero-order valence-corrected chi connectivity index (χ0v) is 23.1. The Kier molecular flexibility index (Phi) is 9.64. The van der Waals surface area contributed by atoms with Crippen molar-refractivity contribution in [2.75, 3.05) is 32.7 Å². The van der Waals surface area contributed by atoms with Gasteiger partial charge in [0.05, 0.1) is 0 Å². The number of nitrogens with one attached hydrogen (secondary N) is 1. The van der Waals surface area contributed by atoms with Gasteiger partial charge in [0, 0.05) is 49.6 Å². The molecular formula is C34H39N3O3. The lowest BCUT2D eigenvalue weighted by Crippen LogP contribution is -2.38. The van der Waals surface area contributed by atoms with Gasteiger partial charge in [-0.1, -0.05) is 60.7 Å². The van der Waals surface area contributed by atoms with Gasteiger partial charge in [0.1, 0.15) is 12.0 Å². The molecule has 0 unspecified atom stereocenters. The summed E-state index contributed by atoms with van der Waals surface area (Å²) in [4.78, 5) is 29.5. The van der Waals surface area contributed by atoms with Crippen LogP contribution in [0.4, 0.5) is 0 Å². The first-order valence-electron chi connectivity index (χ1n) is 14.5. The van der Waals surface area contributed by atoms with Gasteiger partial charge in [-0.25, -0.2) is 0 Å². The average Bonchev–Trinajstić information content (AvgIpc) is 3.01. The summed E-state index contributed by atoms with van der Waals surface area (Å²) in [7, 11) is 0. The number of ether oxygens (including phenoxy) is 1. The molecule has 1 amide bonds. The van der Waals surface area contributed by atoms with Crippen LogP contribution < -0.4 is 5.32 Å². The molecule has 40 heavy (non-hydrogen) atoms. The number of amides is 1. The maximum absolute atomic E-state index is 13.1. The minimum Gasteiger partial charge on any atom is -0.462 e. The van der Waals surface area contributed by atoms with Crippen LogP contribution in [0.25, 0.3) is 0 Å². The topological polar surface area (TPSA) is 61.9 Å². The van der Waals surface area contributed by atoms with Gasteiger partial charge in [-0.05, 0) is 74.4 Å². The molecule has 5 rings (SSSR count). The number of likely N-dealkylation sites (tertiary alicyclic amines) is 1. The predicted molar refractivity (Wildman–Crippen MR) is 158 cm³/mol. The predicted octanol–water partition coefficient (Wildman–Crippen LogP) is 5.72. The molecule has 1 saturated heterocycles. The normalized spacial score (nSPS) is 17.8. The van der Waals surface area contributed by atoms with Gasteiger partial charge in [0.15, 0.2) is 5.78 Å². The quantitative estimate of drug-likeness (QED) is 0.372. The average molecular weight is 538 g/mol. The molecule has 0 saturated carbocycles. The first-order chi connectivity index (χ1) is 19.7. The van der Waals surface area contributed by atoms with Crippen LogP contribution in [0.2, 0.25) is 0 Å². The van der Waals surface area contributed by atoms with Crippen molar-refractivity contribution in [1.82, 2.24) is 15.1 Å². The van der Waals surface area contributed by atoms with Crippen molar-refractivity contribution in [3.63, 3.8) is 0 Å². The highest BCUT2D eigenvalue weighted by Gasteiger charge is 2.24. The van der Waals surface area contributed by atoms with Gasteiger partial charge < -0.3 is 19.9 Å². The van der Waals surface area contributed by atoms with Gasteiger partial charge >= 0.3 is 0 Å². The number of piperidine rings is 1. The lowest BCUT2D eigenvalue weighted by molar-refractivity contribution is -0.114. The molecule has 1 fully saturated rings. The number of nitrogens with zero attached hydrogens (tertiary/aromatic N) is 2. The van der Waals surface area contributed by atoms with E-state index in [9.17, 15) is 9.59 Å². The van der Waals surface area contributed by atoms with Crippen LogP contribution in [0.15, 0.2) is 103 Å². The highest BCUT2D eigenvalue weighted by molar-refractivity contribution is 5.96. The zero-order valence-electron chi connectivity index (χ0n) is 23.1. The monoisotopic (exact) mass is 537 g/mol. The number of allylic oxidation sites excluding steroid dienone is 4. The minimum absolute atomic E-state index is 0.0460. The van der Waals surface area contributed by atoms with E-state index in [1.165, 1.54) is 11.1 Å². The number of carbonyl (C=O) groups excluding carboxylic acids is 2. The van der Waals surface area contributed by atoms with E-state index in [0.29, 0.717) is 18.9 Å². The Labute approximate surface area is 237 Å². The van der Waals surface area contributed by atoms with E-state index in [2.05, 4.69) is 51.5 Å². The zero-order chi connectivity index (χ0) is 27.6. The molecule has 0 spiro atoms. The number of ketones is 1. The van der Waals surface area contributed by atoms with E-state index >= 15 is 0 Å². The Balaban J connectivity index is 1.06. The van der Waals surface area contributed by atoms with E-state index in [1.807, 2.05) is 36.7 Å². The molecule has 2 aliphatic heterocycles. The van der Waals surface area contributed by atoms with E-state index in [-0.39, 0.29) is 11.7 Å².